The topological polar surface area (TPSA) is 86.5 Å². The first-order chi connectivity index (χ1) is 8.31. The Bertz CT molecular complexity index is 537. The number of esters is 1. The summed E-state index contributed by atoms with van der Waals surface area (Å²) in [6.07, 6.45) is 1.45. The van der Waals surface area contributed by atoms with Crippen molar-refractivity contribution in [1.29, 1.82) is 0 Å². The van der Waals surface area contributed by atoms with Crippen LogP contribution in [0.2, 0.25) is 0 Å². The summed E-state index contributed by atoms with van der Waals surface area (Å²) in [5, 5.41) is 0. The van der Waals surface area contributed by atoms with Crippen LogP contribution in [0.4, 0.5) is 5.69 Å². The van der Waals surface area contributed by atoms with Crippen molar-refractivity contribution in [1.82, 2.24) is 0 Å². The molecule has 0 bridgehead atoms. The van der Waals surface area contributed by atoms with Gasteiger partial charge in [-0.15, -0.1) is 0 Å². The Balaban J connectivity index is 2.54. The van der Waals surface area contributed by atoms with Crippen molar-refractivity contribution in [3.8, 4) is 0 Å². The third-order valence-corrected chi connectivity index (χ3v) is 3.52. The van der Waals surface area contributed by atoms with Gasteiger partial charge in [0.25, 0.3) is 0 Å². The molecule has 6 heteroatoms. The average Bonchev–Trinajstić information content (AvgIpc) is 2.26. The van der Waals surface area contributed by atoms with Crippen LogP contribution in [0.25, 0.3) is 0 Å². The van der Waals surface area contributed by atoms with Crippen molar-refractivity contribution in [2.24, 2.45) is 0 Å². The van der Waals surface area contributed by atoms with E-state index in [0.29, 0.717) is 23.2 Å². The number of hydrogen-bond acceptors (Lipinski definition) is 5. The molecule has 0 spiro atoms. The molecule has 0 fully saturated rings. The van der Waals surface area contributed by atoms with Gasteiger partial charge in [-0.1, -0.05) is 6.07 Å². The van der Waals surface area contributed by atoms with Crippen LogP contribution >= 0.6 is 0 Å². The molecule has 0 aliphatic rings. The van der Waals surface area contributed by atoms with E-state index in [1.807, 2.05) is 0 Å². The van der Waals surface area contributed by atoms with Crippen molar-refractivity contribution in [3.05, 3.63) is 29.3 Å². The summed E-state index contributed by atoms with van der Waals surface area (Å²) in [6.45, 7) is 1.82. The molecule has 1 aromatic rings. The number of carbonyl (C=O) groups is 1. The van der Waals surface area contributed by atoms with Crippen LogP contribution in [-0.2, 0) is 14.6 Å². The number of nitrogens with two attached hydrogens (primary N) is 1. The number of hydrogen-bond donors (Lipinski definition) is 1. The van der Waals surface area contributed by atoms with Gasteiger partial charge in [-0.05, 0) is 31.0 Å². The highest BCUT2D eigenvalue weighted by atomic mass is 32.2. The summed E-state index contributed by atoms with van der Waals surface area (Å²) >= 11 is 0. The SMILES string of the molecule is Cc1c(N)cccc1C(=O)OCCCS(C)(=O)=O. The van der Waals surface area contributed by atoms with E-state index in [-0.39, 0.29) is 12.4 Å². The maximum Gasteiger partial charge on any atom is 0.338 e. The fourth-order valence-corrected chi connectivity index (χ4v) is 2.08. The number of carbonyl (C=O) groups excluding carboxylic acids is 1. The molecule has 0 aliphatic heterocycles. The zero-order chi connectivity index (χ0) is 13.8. The summed E-state index contributed by atoms with van der Waals surface area (Å²) < 4.78 is 26.8. The smallest absolute Gasteiger partial charge is 0.338 e. The standard InChI is InChI=1S/C12H17NO4S/c1-9-10(5-3-6-11(9)13)12(14)17-7-4-8-18(2,15)16/h3,5-6H,4,7-8,13H2,1-2H3. The number of nitrogen functional groups attached to an aromatic ring is 1. The Morgan fingerprint density at radius 1 is 1.39 bits per heavy atom. The summed E-state index contributed by atoms with van der Waals surface area (Å²) in [5.41, 5.74) is 7.29. The van der Waals surface area contributed by atoms with E-state index in [9.17, 15) is 13.2 Å². The minimum atomic E-state index is -3.01. The first kappa shape index (κ1) is 14.5. The molecule has 2 N–H and O–H groups in total. The van der Waals surface area contributed by atoms with E-state index in [1.54, 1.807) is 25.1 Å². The van der Waals surface area contributed by atoms with Gasteiger partial charge in [0.05, 0.1) is 17.9 Å². The quantitative estimate of drug-likeness (QED) is 0.493. The highest BCUT2D eigenvalue weighted by molar-refractivity contribution is 7.90. The Hall–Kier alpha value is -1.56. The average molecular weight is 271 g/mol. The van der Waals surface area contributed by atoms with Crippen LogP contribution in [0.1, 0.15) is 22.3 Å². The number of sulfone groups is 1. The second-order valence-electron chi connectivity index (χ2n) is 4.14. The Labute approximate surface area is 107 Å². The maximum atomic E-state index is 11.7. The lowest BCUT2D eigenvalue weighted by molar-refractivity contribution is 0.0505. The Morgan fingerprint density at radius 3 is 2.67 bits per heavy atom. The molecular weight excluding hydrogens is 254 g/mol. The molecular formula is C12H17NO4S. The van der Waals surface area contributed by atoms with Gasteiger partial charge in [-0.3, -0.25) is 0 Å². The maximum absolute atomic E-state index is 11.7. The summed E-state index contributed by atoms with van der Waals surface area (Å²) in [5.74, 6) is -0.468. The lowest BCUT2D eigenvalue weighted by Crippen LogP contribution is -2.12. The molecule has 0 aromatic heterocycles. The molecule has 100 valence electrons. The van der Waals surface area contributed by atoms with E-state index >= 15 is 0 Å². The van der Waals surface area contributed by atoms with E-state index < -0.39 is 15.8 Å². The van der Waals surface area contributed by atoms with Gasteiger partial charge in [-0.25, -0.2) is 13.2 Å². The van der Waals surface area contributed by atoms with Crippen LogP contribution in [0.5, 0.6) is 0 Å². The van der Waals surface area contributed by atoms with Crippen LogP contribution in [-0.4, -0.2) is 33.0 Å². The number of ether oxygens (including phenoxy) is 1. The third-order valence-electron chi connectivity index (χ3n) is 2.49. The van der Waals surface area contributed by atoms with Crippen LogP contribution in [0.15, 0.2) is 18.2 Å². The zero-order valence-electron chi connectivity index (χ0n) is 10.5. The summed E-state index contributed by atoms with van der Waals surface area (Å²) in [4.78, 5) is 11.7. The van der Waals surface area contributed by atoms with Crippen molar-refractivity contribution < 1.29 is 17.9 Å². The fraction of sp³-hybridized carbons (Fsp3) is 0.417. The van der Waals surface area contributed by atoms with Crippen molar-refractivity contribution >= 4 is 21.5 Å². The van der Waals surface area contributed by atoms with Crippen molar-refractivity contribution in [3.63, 3.8) is 0 Å². The van der Waals surface area contributed by atoms with Gasteiger partial charge in [0, 0.05) is 11.9 Å². The second-order valence-corrected chi connectivity index (χ2v) is 6.40. The monoisotopic (exact) mass is 271 g/mol. The fourth-order valence-electron chi connectivity index (χ4n) is 1.44. The first-order valence-corrected chi connectivity index (χ1v) is 7.57. The molecule has 0 saturated carbocycles. The molecule has 0 unspecified atom stereocenters. The molecule has 0 saturated heterocycles. The van der Waals surface area contributed by atoms with E-state index in [2.05, 4.69) is 0 Å². The first-order valence-electron chi connectivity index (χ1n) is 5.51. The molecule has 5 nitrogen and oxygen atoms in total. The molecule has 18 heavy (non-hydrogen) atoms. The minimum Gasteiger partial charge on any atom is -0.462 e. The van der Waals surface area contributed by atoms with Crippen LogP contribution < -0.4 is 5.73 Å². The molecule has 1 rings (SSSR count). The second kappa shape index (κ2) is 5.86. The highest BCUT2D eigenvalue weighted by Gasteiger charge is 2.12. The summed E-state index contributed by atoms with van der Waals surface area (Å²) in [7, 11) is -3.01. The lowest BCUT2D eigenvalue weighted by Gasteiger charge is -2.08. The highest BCUT2D eigenvalue weighted by Crippen LogP contribution is 2.16. The Kier molecular flexibility index (Phi) is 4.72. The molecule has 0 heterocycles. The molecule has 1 aromatic carbocycles. The van der Waals surface area contributed by atoms with Gasteiger partial charge in [0.1, 0.15) is 9.84 Å². The zero-order valence-corrected chi connectivity index (χ0v) is 11.3. The van der Waals surface area contributed by atoms with Crippen molar-refractivity contribution in [2.75, 3.05) is 24.3 Å². The summed E-state index contributed by atoms with van der Waals surface area (Å²) in [6, 6.07) is 5.01. The predicted octanol–water partition coefficient (Wildman–Crippen LogP) is 1.17. The van der Waals surface area contributed by atoms with Crippen LogP contribution in [0.3, 0.4) is 0 Å². The van der Waals surface area contributed by atoms with E-state index in [1.165, 1.54) is 0 Å². The van der Waals surface area contributed by atoms with Crippen molar-refractivity contribution in [2.45, 2.75) is 13.3 Å². The predicted molar refractivity (Wildman–Crippen MR) is 70.2 cm³/mol. The van der Waals surface area contributed by atoms with E-state index in [4.69, 9.17) is 10.5 Å². The molecule has 0 aliphatic carbocycles. The van der Waals surface area contributed by atoms with Gasteiger partial charge >= 0.3 is 5.97 Å². The molecule has 0 amide bonds. The molecule has 0 radical (unpaired) electrons. The van der Waals surface area contributed by atoms with E-state index in [0.717, 1.165) is 6.26 Å². The Morgan fingerprint density at radius 2 is 2.06 bits per heavy atom. The van der Waals surface area contributed by atoms with Gasteiger partial charge in [0.2, 0.25) is 0 Å². The third kappa shape index (κ3) is 4.37. The lowest BCUT2D eigenvalue weighted by atomic mass is 10.1. The van der Waals surface area contributed by atoms with Gasteiger partial charge in [-0.2, -0.15) is 0 Å². The minimum absolute atomic E-state index is 0.0101. The normalized spacial score (nSPS) is 11.2. The number of anilines is 1. The van der Waals surface area contributed by atoms with Gasteiger partial charge in [0.15, 0.2) is 0 Å². The molecule has 0 atom stereocenters. The van der Waals surface area contributed by atoms with Crippen LogP contribution in [0, 0.1) is 6.92 Å². The number of rotatable bonds is 5. The number of benzene rings is 1. The largest absolute Gasteiger partial charge is 0.462 e. The van der Waals surface area contributed by atoms with Gasteiger partial charge < -0.3 is 10.5 Å².